The van der Waals surface area contributed by atoms with Crippen LogP contribution in [0.5, 0.6) is 0 Å². The molecule has 26 heavy (non-hydrogen) atoms. The van der Waals surface area contributed by atoms with Crippen LogP contribution in [-0.4, -0.2) is 52.7 Å². The van der Waals surface area contributed by atoms with Gasteiger partial charge >= 0.3 is 6.09 Å². The lowest BCUT2D eigenvalue weighted by Gasteiger charge is -2.36. The monoisotopic (exact) mass is 352 g/mol. The van der Waals surface area contributed by atoms with Gasteiger partial charge < -0.3 is 19.5 Å². The Bertz CT molecular complexity index is 949. The minimum atomic E-state index is -0.455. The van der Waals surface area contributed by atoms with E-state index in [1.165, 1.54) is 11.1 Å². The Hall–Kier alpha value is -2.76. The van der Waals surface area contributed by atoms with Crippen LogP contribution >= 0.6 is 0 Å². The first-order valence-electron chi connectivity index (χ1n) is 8.99. The number of carbonyl (C=O) groups is 1. The highest BCUT2D eigenvalue weighted by molar-refractivity contribution is 6.07. The number of aromatic nitrogens is 2. The summed E-state index contributed by atoms with van der Waals surface area (Å²) < 4.78 is 5.47. The number of hydrogen-bond acceptors (Lipinski definition) is 4. The first-order chi connectivity index (χ1) is 12.4. The van der Waals surface area contributed by atoms with Crippen molar-refractivity contribution in [1.29, 1.82) is 0 Å². The van der Waals surface area contributed by atoms with Crippen molar-refractivity contribution in [1.82, 2.24) is 14.9 Å². The summed E-state index contributed by atoms with van der Waals surface area (Å²) >= 11 is 0. The Morgan fingerprint density at radius 2 is 1.85 bits per heavy atom. The van der Waals surface area contributed by atoms with E-state index in [0.29, 0.717) is 13.1 Å². The number of H-pyrrole nitrogens is 1. The second-order valence-electron chi connectivity index (χ2n) is 7.73. The number of pyridine rings is 1. The average Bonchev–Trinajstić information content (AvgIpc) is 2.98. The molecular weight excluding hydrogens is 328 g/mol. The Balaban J connectivity index is 1.49. The largest absolute Gasteiger partial charge is 0.444 e. The van der Waals surface area contributed by atoms with Gasteiger partial charge in [0.15, 0.2) is 0 Å². The third-order valence-corrected chi connectivity index (χ3v) is 4.68. The van der Waals surface area contributed by atoms with Gasteiger partial charge in [-0.15, -0.1) is 0 Å². The molecule has 0 aliphatic carbocycles. The van der Waals surface area contributed by atoms with Gasteiger partial charge in [-0.3, -0.25) is 4.98 Å². The van der Waals surface area contributed by atoms with Crippen LogP contribution in [0.2, 0.25) is 0 Å². The number of piperazine rings is 1. The molecule has 0 atom stereocenters. The summed E-state index contributed by atoms with van der Waals surface area (Å²) in [5.41, 5.74) is 2.92. The van der Waals surface area contributed by atoms with E-state index in [2.05, 4.69) is 33.1 Å². The highest BCUT2D eigenvalue weighted by Crippen LogP contribution is 2.28. The standard InChI is InChI=1S/C20H24N4O2/c1-20(2,3)26-19(25)24-10-8-23(9-11-24)14-4-5-15-16-13-21-7-6-17(16)22-18(15)12-14/h4-7,12-13,22H,8-11H2,1-3H3. The van der Waals surface area contributed by atoms with Gasteiger partial charge in [-0.2, -0.15) is 0 Å². The quantitative estimate of drug-likeness (QED) is 0.724. The molecule has 3 heterocycles. The lowest BCUT2D eigenvalue weighted by molar-refractivity contribution is 0.0240. The molecular formula is C20H24N4O2. The third kappa shape index (κ3) is 3.19. The highest BCUT2D eigenvalue weighted by Gasteiger charge is 2.26. The zero-order valence-electron chi connectivity index (χ0n) is 15.5. The van der Waals surface area contributed by atoms with Gasteiger partial charge in [0, 0.05) is 66.1 Å². The van der Waals surface area contributed by atoms with Gasteiger partial charge in [0.25, 0.3) is 0 Å². The van der Waals surface area contributed by atoms with Crippen LogP contribution in [0.4, 0.5) is 10.5 Å². The second-order valence-corrected chi connectivity index (χ2v) is 7.73. The van der Waals surface area contributed by atoms with Crippen LogP contribution in [0.3, 0.4) is 0 Å². The van der Waals surface area contributed by atoms with E-state index in [0.717, 1.165) is 29.5 Å². The summed E-state index contributed by atoms with van der Waals surface area (Å²) in [7, 11) is 0. The van der Waals surface area contributed by atoms with Crippen molar-refractivity contribution in [3.05, 3.63) is 36.7 Å². The number of amides is 1. The minimum Gasteiger partial charge on any atom is -0.444 e. The van der Waals surface area contributed by atoms with Crippen molar-refractivity contribution in [3.63, 3.8) is 0 Å². The summed E-state index contributed by atoms with van der Waals surface area (Å²) in [5, 5.41) is 2.33. The molecule has 136 valence electrons. The number of fused-ring (bicyclic) bond motifs is 3. The lowest BCUT2D eigenvalue weighted by Crippen LogP contribution is -2.50. The van der Waals surface area contributed by atoms with Gasteiger partial charge in [-0.05, 0) is 39.0 Å². The highest BCUT2D eigenvalue weighted by atomic mass is 16.6. The molecule has 1 aliphatic rings. The molecule has 1 saturated heterocycles. The number of ether oxygens (including phenoxy) is 1. The maximum Gasteiger partial charge on any atom is 0.410 e. The molecule has 2 aromatic heterocycles. The molecule has 1 amide bonds. The summed E-state index contributed by atoms with van der Waals surface area (Å²) in [6.45, 7) is 8.62. The molecule has 0 bridgehead atoms. The Kier molecular flexibility index (Phi) is 3.98. The lowest BCUT2D eigenvalue weighted by atomic mass is 10.1. The Morgan fingerprint density at radius 1 is 1.08 bits per heavy atom. The molecule has 1 fully saturated rings. The molecule has 6 heteroatoms. The summed E-state index contributed by atoms with van der Waals surface area (Å²) in [5.74, 6) is 0. The van der Waals surface area contributed by atoms with E-state index >= 15 is 0 Å². The number of nitrogens with zero attached hydrogens (tertiary/aromatic N) is 3. The van der Waals surface area contributed by atoms with Crippen molar-refractivity contribution < 1.29 is 9.53 Å². The number of nitrogens with one attached hydrogen (secondary N) is 1. The van der Waals surface area contributed by atoms with Crippen LogP contribution in [0, 0.1) is 0 Å². The summed E-state index contributed by atoms with van der Waals surface area (Å²) in [4.78, 5) is 24.0. The third-order valence-electron chi connectivity index (χ3n) is 4.68. The molecule has 3 aromatic rings. The van der Waals surface area contributed by atoms with Crippen LogP contribution < -0.4 is 4.90 Å². The van der Waals surface area contributed by atoms with E-state index in [1.54, 1.807) is 11.1 Å². The van der Waals surface area contributed by atoms with Crippen LogP contribution in [0.25, 0.3) is 21.8 Å². The average molecular weight is 352 g/mol. The number of aromatic amines is 1. The first-order valence-corrected chi connectivity index (χ1v) is 8.99. The predicted octanol–water partition coefficient (Wildman–Crippen LogP) is 3.77. The van der Waals surface area contributed by atoms with E-state index in [4.69, 9.17) is 4.74 Å². The van der Waals surface area contributed by atoms with Gasteiger partial charge in [-0.1, -0.05) is 6.07 Å². The molecule has 1 N–H and O–H groups in total. The number of anilines is 1. The maximum absolute atomic E-state index is 12.2. The summed E-state index contributed by atoms with van der Waals surface area (Å²) in [6, 6.07) is 8.46. The number of benzene rings is 1. The Labute approximate surface area is 152 Å². The SMILES string of the molecule is CC(C)(C)OC(=O)N1CCN(c2ccc3c(c2)[nH]c2ccncc23)CC1. The molecule has 0 spiro atoms. The van der Waals surface area contributed by atoms with Gasteiger partial charge in [-0.25, -0.2) is 4.79 Å². The van der Waals surface area contributed by atoms with Gasteiger partial charge in [0.2, 0.25) is 0 Å². The van der Waals surface area contributed by atoms with Gasteiger partial charge in [0.1, 0.15) is 5.60 Å². The Morgan fingerprint density at radius 3 is 2.58 bits per heavy atom. The molecule has 1 aromatic carbocycles. The predicted molar refractivity (Wildman–Crippen MR) is 104 cm³/mol. The smallest absolute Gasteiger partial charge is 0.410 e. The topological polar surface area (TPSA) is 61.5 Å². The molecule has 4 rings (SSSR count). The fourth-order valence-electron chi connectivity index (χ4n) is 3.40. The number of carbonyl (C=O) groups excluding carboxylic acids is 1. The minimum absolute atomic E-state index is 0.226. The fourth-order valence-corrected chi connectivity index (χ4v) is 3.40. The molecule has 0 radical (unpaired) electrons. The van der Waals surface area contributed by atoms with Crippen molar-refractivity contribution in [2.75, 3.05) is 31.1 Å². The number of hydrogen-bond donors (Lipinski definition) is 1. The molecule has 1 aliphatic heterocycles. The van der Waals surface area contributed by atoms with E-state index < -0.39 is 5.60 Å². The molecule has 0 saturated carbocycles. The zero-order chi connectivity index (χ0) is 18.3. The van der Waals surface area contributed by atoms with E-state index in [9.17, 15) is 4.79 Å². The summed E-state index contributed by atoms with van der Waals surface area (Å²) in [6.07, 6.45) is 3.47. The van der Waals surface area contributed by atoms with E-state index in [-0.39, 0.29) is 6.09 Å². The van der Waals surface area contributed by atoms with Crippen LogP contribution in [-0.2, 0) is 4.74 Å². The van der Waals surface area contributed by atoms with Crippen molar-refractivity contribution in [3.8, 4) is 0 Å². The normalized spacial score (nSPS) is 15.7. The van der Waals surface area contributed by atoms with Crippen molar-refractivity contribution >= 4 is 33.6 Å². The molecule has 0 unspecified atom stereocenters. The van der Waals surface area contributed by atoms with Crippen LogP contribution in [0.1, 0.15) is 20.8 Å². The number of rotatable bonds is 1. The second kappa shape index (κ2) is 6.20. The fraction of sp³-hybridized carbons (Fsp3) is 0.400. The maximum atomic E-state index is 12.2. The molecule has 6 nitrogen and oxygen atoms in total. The first kappa shape index (κ1) is 16.7. The van der Waals surface area contributed by atoms with Crippen molar-refractivity contribution in [2.45, 2.75) is 26.4 Å². The van der Waals surface area contributed by atoms with E-state index in [1.807, 2.05) is 33.0 Å². The van der Waals surface area contributed by atoms with Gasteiger partial charge in [0.05, 0.1) is 0 Å². The zero-order valence-corrected chi connectivity index (χ0v) is 15.5. The van der Waals surface area contributed by atoms with Crippen LogP contribution in [0.15, 0.2) is 36.7 Å². The van der Waals surface area contributed by atoms with Crippen molar-refractivity contribution in [2.24, 2.45) is 0 Å².